The van der Waals surface area contributed by atoms with Crippen LogP contribution >= 0.6 is 33.2 Å². The number of esters is 1. The van der Waals surface area contributed by atoms with Gasteiger partial charge in [0.1, 0.15) is 35.7 Å². The molecule has 2 aliphatic rings. The number of methoxy groups -OCH3 is 2. The number of likely N-dealkylation sites (N-methyl/N-ethyl adjacent to an activating group) is 1. The topological polar surface area (TPSA) is 165 Å². The molecule has 13 nitrogen and oxygen atoms in total. The van der Waals surface area contributed by atoms with Gasteiger partial charge in [-0.3, -0.25) is 14.9 Å². The molecule has 2 fully saturated rings. The molecule has 3 amide bonds. The van der Waals surface area contributed by atoms with Crippen molar-refractivity contribution in [3.8, 4) is 5.75 Å². The van der Waals surface area contributed by atoms with E-state index in [9.17, 15) is 24.3 Å². The number of hydrogen-bond acceptors (Lipinski definition) is 12. The number of amides is 3. The summed E-state index contributed by atoms with van der Waals surface area (Å²) in [5, 5.41) is 17.3. The number of epoxide rings is 1. The number of benzene rings is 1. The minimum Gasteiger partial charge on any atom is -0.495 e. The molecule has 0 spiro atoms. The predicted octanol–water partition coefficient (Wildman–Crippen LogP) is 4.69. The van der Waals surface area contributed by atoms with Gasteiger partial charge in [0, 0.05) is 45.7 Å². The molecule has 3 rings (SSSR count). The summed E-state index contributed by atoms with van der Waals surface area (Å²) in [5.74, 6) is -0.563. The van der Waals surface area contributed by atoms with Crippen molar-refractivity contribution in [3.63, 3.8) is 0 Å². The number of aliphatic hydroxyl groups is 1. The molecule has 0 bridgehead atoms. The highest BCUT2D eigenvalue weighted by Gasteiger charge is 2.64. The highest BCUT2D eigenvalue weighted by molar-refractivity contribution is 8.76. The maximum absolute atomic E-state index is 13.3. The van der Waals surface area contributed by atoms with Crippen LogP contribution in [0.4, 0.5) is 4.79 Å². The molecule has 0 aromatic heterocycles. The van der Waals surface area contributed by atoms with Gasteiger partial charge in [0.05, 0.1) is 24.7 Å². The first-order chi connectivity index (χ1) is 24.5. The van der Waals surface area contributed by atoms with Crippen LogP contribution in [0.25, 0.3) is 0 Å². The Hall–Kier alpha value is -2.95. The zero-order valence-electron chi connectivity index (χ0n) is 31.2. The number of ether oxygens (including phenoxy) is 5. The number of carbonyl (C=O) groups is 4. The molecule has 2 heterocycles. The minimum absolute atomic E-state index is 0.0510. The molecule has 0 unspecified atom stereocenters. The van der Waals surface area contributed by atoms with Gasteiger partial charge in [-0.05, 0) is 51.1 Å². The van der Waals surface area contributed by atoms with Crippen LogP contribution in [0.5, 0.6) is 5.75 Å². The number of halogens is 1. The lowest BCUT2D eigenvalue weighted by Crippen LogP contribution is -2.63. The lowest BCUT2D eigenvalue weighted by atomic mass is 9.83. The molecule has 1 aromatic rings. The Morgan fingerprint density at radius 2 is 1.98 bits per heavy atom. The van der Waals surface area contributed by atoms with E-state index < -0.39 is 59.8 Å². The molecule has 0 saturated carbocycles. The fourth-order valence-corrected chi connectivity index (χ4v) is 7.50. The van der Waals surface area contributed by atoms with Gasteiger partial charge in [0.2, 0.25) is 11.8 Å². The van der Waals surface area contributed by atoms with Crippen molar-refractivity contribution >= 4 is 57.1 Å². The Morgan fingerprint density at radius 1 is 1.27 bits per heavy atom. The van der Waals surface area contributed by atoms with E-state index in [-0.39, 0.29) is 31.1 Å². The zero-order chi connectivity index (χ0) is 38.8. The van der Waals surface area contributed by atoms with Crippen molar-refractivity contribution in [1.82, 2.24) is 15.5 Å². The molecule has 3 N–H and O–H groups in total. The second-order valence-corrected chi connectivity index (χ2v) is 16.3. The summed E-state index contributed by atoms with van der Waals surface area (Å²) in [4.78, 5) is 52.6. The van der Waals surface area contributed by atoms with E-state index in [1.807, 2.05) is 31.4 Å². The normalized spacial score (nSPS) is 25.3. The zero-order valence-corrected chi connectivity index (χ0v) is 33.6. The van der Waals surface area contributed by atoms with Crippen LogP contribution in [0, 0.1) is 5.92 Å². The van der Waals surface area contributed by atoms with Crippen molar-refractivity contribution in [2.24, 2.45) is 5.92 Å². The standard InChI is InChI=1S/C36H52ClN3O10S2/c1-21(17-24-13-14-25(37)26(18-24)46-7)11-10-12-28(47-8)36(45)20-27(48-34(44)39-36)22(2)32-35(4,50-32)29(19-30(41)38-5)49-33(43)23(3)40(6)31(42)15-16-52-51-9/h10-14,18,22-23,27-29,32,45H,15-17,19-20H2,1-9H3,(H,38,41)(H,39,44)/b12-10+,21-11+/t22-,23+,27+,28-,29+,32+,35+,36+/m1/s1. The Balaban J connectivity index is 1.71. The Morgan fingerprint density at radius 3 is 2.62 bits per heavy atom. The van der Waals surface area contributed by atoms with E-state index in [4.69, 9.17) is 35.3 Å². The molecule has 16 heteroatoms. The van der Waals surface area contributed by atoms with Crippen LogP contribution in [0.3, 0.4) is 0 Å². The second-order valence-electron chi connectivity index (χ2n) is 13.2. The molecule has 2 saturated heterocycles. The molecule has 0 aliphatic carbocycles. The van der Waals surface area contributed by atoms with E-state index in [0.29, 0.717) is 22.9 Å². The summed E-state index contributed by atoms with van der Waals surface area (Å²) in [5.41, 5.74) is -0.926. The molecule has 0 radical (unpaired) electrons. The van der Waals surface area contributed by atoms with Gasteiger partial charge in [-0.1, -0.05) is 70.0 Å². The summed E-state index contributed by atoms with van der Waals surface area (Å²) >= 11 is 6.15. The van der Waals surface area contributed by atoms with Gasteiger partial charge in [-0.2, -0.15) is 0 Å². The minimum atomic E-state index is -1.83. The summed E-state index contributed by atoms with van der Waals surface area (Å²) in [7, 11) is 9.11. The number of rotatable bonds is 19. The quantitative estimate of drug-likeness (QED) is 0.0584. The van der Waals surface area contributed by atoms with Crippen molar-refractivity contribution in [1.29, 1.82) is 0 Å². The van der Waals surface area contributed by atoms with E-state index in [0.717, 1.165) is 11.1 Å². The third kappa shape index (κ3) is 11.3. The van der Waals surface area contributed by atoms with Gasteiger partial charge in [0.15, 0.2) is 5.72 Å². The number of hydrogen-bond donors (Lipinski definition) is 3. The summed E-state index contributed by atoms with van der Waals surface area (Å²) in [6, 6.07) is 4.67. The van der Waals surface area contributed by atoms with E-state index >= 15 is 0 Å². The molecule has 2 aliphatic heterocycles. The predicted molar refractivity (Wildman–Crippen MR) is 202 cm³/mol. The van der Waals surface area contributed by atoms with E-state index in [2.05, 4.69) is 10.6 Å². The third-order valence-corrected chi connectivity index (χ3v) is 11.6. The number of allylic oxidation sites excluding steroid dienone is 3. The highest BCUT2D eigenvalue weighted by Crippen LogP contribution is 2.48. The number of nitrogens with zero attached hydrogens (tertiary/aromatic N) is 1. The second kappa shape index (κ2) is 19.4. The summed E-state index contributed by atoms with van der Waals surface area (Å²) in [6.45, 7) is 7.05. The Kier molecular flexibility index (Phi) is 16.2. The Labute approximate surface area is 319 Å². The third-order valence-electron chi connectivity index (χ3n) is 9.51. The first-order valence-corrected chi connectivity index (χ1v) is 20.0. The van der Waals surface area contributed by atoms with Crippen molar-refractivity contribution in [2.45, 2.75) is 95.2 Å². The van der Waals surface area contributed by atoms with Crippen LogP contribution in [-0.2, 0) is 39.8 Å². The van der Waals surface area contributed by atoms with Gasteiger partial charge < -0.3 is 39.0 Å². The lowest BCUT2D eigenvalue weighted by molar-refractivity contribution is -0.162. The SMILES string of the molecule is CNC(=O)C[C@H](OC(=O)[C@H](C)N(C)C(=O)CCSSC)[C@]1(C)O[C@H]1[C@H](C)[C@@H]1C[C@](O)([C@@H](/C=C/C=C(\C)Cc2ccc(Cl)c(OC)c2)OC)NC(=O)O1. The summed E-state index contributed by atoms with van der Waals surface area (Å²) in [6.07, 6.45) is 3.64. The molecule has 8 atom stereocenters. The van der Waals surface area contributed by atoms with Crippen LogP contribution in [0.2, 0.25) is 5.02 Å². The Bertz CT molecular complexity index is 1500. The maximum Gasteiger partial charge on any atom is 0.409 e. The lowest BCUT2D eigenvalue weighted by Gasteiger charge is -2.42. The first-order valence-electron chi connectivity index (χ1n) is 16.9. The van der Waals surface area contributed by atoms with Gasteiger partial charge >= 0.3 is 12.1 Å². The fraction of sp³-hybridized carbons (Fsp3) is 0.611. The number of cyclic esters (lactones) is 1. The number of nitrogens with one attached hydrogen (secondary N) is 2. The van der Waals surface area contributed by atoms with Crippen LogP contribution in [0.1, 0.15) is 52.5 Å². The molecule has 1 aromatic carbocycles. The number of alkyl carbamates (subject to hydrolysis) is 1. The van der Waals surface area contributed by atoms with Crippen molar-refractivity contribution in [2.75, 3.05) is 40.3 Å². The smallest absolute Gasteiger partial charge is 0.409 e. The van der Waals surface area contributed by atoms with Crippen LogP contribution < -0.4 is 15.4 Å². The van der Waals surface area contributed by atoms with Crippen molar-refractivity contribution < 1.29 is 48.0 Å². The van der Waals surface area contributed by atoms with Gasteiger partial charge in [-0.15, -0.1) is 0 Å². The average molecular weight is 786 g/mol. The molecular formula is C36H52ClN3O10S2. The van der Waals surface area contributed by atoms with Gasteiger partial charge in [-0.25, -0.2) is 9.59 Å². The van der Waals surface area contributed by atoms with Gasteiger partial charge in [0.25, 0.3) is 0 Å². The molecular weight excluding hydrogens is 734 g/mol. The monoisotopic (exact) mass is 785 g/mol. The van der Waals surface area contributed by atoms with Crippen molar-refractivity contribution in [3.05, 3.63) is 52.6 Å². The first kappa shape index (κ1) is 43.5. The van der Waals surface area contributed by atoms with E-state index in [1.165, 1.54) is 26.1 Å². The van der Waals surface area contributed by atoms with Crippen LogP contribution in [0.15, 0.2) is 42.0 Å². The summed E-state index contributed by atoms with van der Waals surface area (Å²) < 4.78 is 28.6. The number of carbonyl (C=O) groups excluding carboxylic acids is 4. The molecule has 290 valence electrons. The fourth-order valence-electron chi connectivity index (χ4n) is 6.13. The van der Waals surface area contributed by atoms with Crippen LogP contribution in [-0.4, -0.2) is 116 Å². The maximum atomic E-state index is 13.3. The molecule has 52 heavy (non-hydrogen) atoms. The highest BCUT2D eigenvalue weighted by atomic mass is 35.5. The van der Waals surface area contributed by atoms with E-state index in [1.54, 1.807) is 67.7 Å². The average Bonchev–Trinajstić information content (AvgIpc) is 3.81. The largest absolute Gasteiger partial charge is 0.495 e.